The zero-order chi connectivity index (χ0) is 17.6. The molecule has 0 N–H and O–H groups in total. The molecule has 0 aliphatic carbocycles. The van der Waals surface area contributed by atoms with Gasteiger partial charge in [-0.05, 0) is 25.8 Å². The van der Waals surface area contributed by atoms with Gasteiger partial charge in [-0.3, -0.25) is 14.4 Å². The van der Waals surface area contributed by atoms with Gasteiger partial charge < -0.3 is 4.90 Å². The second-order valence-electron chi connectivity index (χ2n) is 6.61. The molecule has 3 rings (SSSR count). The Labute approximate surface area is 149 Å². The minimum absolute atomic E-state index is 0.206. The minimum Gasteiger partial charge on any atom is -0.339 e. The molecule has 2 aromatic rings. The van der Waals surface area contributed by atoms with Gasteiger partial charge in [0.2, 0.25) is 5.91 Å². The molecular weight excluding hydrogens is 314 g/mol. The maximum Gasteiger partial charge on any atom is 0.224 e. The molecule has 2 atom stereocenters. The van der Waals surface area contributed by atoms with Crippen LogP contribution in [0.3, 0.4) is 0 Å². The summed E-state index contributed by atoms with van der Waals surface area (Å²) in [5.74, 6) is 0.206. The van der Waals surface area contributed by atoms with Crippen LogP contribution in [0.5, 0.6) is 0 Å². The number of carbonyl (C=O) groups is 1. The number of aryl methyl sites for hydroxylation is 1. The standard InChI is InChI=1S/C19H27N5O/c1-3-24(19(25)10-12-23-15-20-14-21-23)18-9-11-22(13-18)16(2)17-7-5-4-6-8-17/h4-8,14-16,18H,3,9-13H2,1-2H3/t16-,18-/m1/s1. The lowest BCUT2D eigenvalue weighted by molar-refractivity contribution is -0.133. The van der Waals surface area contributed by atoms with Crippen LogP contribution in [0.2, 0.25) is 0 Å². The van der Waals surface area contributed by atoms with Crippen molar-refractivity contribution in [3.8, 4) is 0 Å². The summed E-state index contributed by atoms with van der Waals surface area (Å²) >= 11 is 0. The van der Waals surface area contributed by atoms with E-state index < -0.39 is 0 Å². The van der Waals surface area contributed by atoms with Crippen LogP contribution in [-0.2, 0) is 11.3 Å². The molecule has 1 aromatic carbocycles. The van der Waals surface area contributed by atoms with Crippen LogP contribution in [0.1, 0.15) is 38.3 Å². The maximum absolute atomic E-state index is 12.6. The Morgan fingerprint density at radius 1 is 1.36 bits per heavy atom. The summed E-state index contributed by atoms with van der Waals surface area (Å²) in [6.07, 6.45) is 4.67. The average Bonchev–Trinajstić information content (AvgIpc) is 3.33. The van der Waals surface area contributed by atoms with E-state index in [0.29, 0.717) is 25.0 Å². The molecular formula is C19H27N5O. The van der Waals surface area contributed by atoms with E-state index in [4.69, 9.17) is 0 Å². The van der Waals surface area contributed by atoms with Crippen molar-refractivity contribution < 1.29 is 4.79 Å². The molecule has 25 heavy (non-hydrogen) atoms. The molecule has 0 saturated carbocycles. The number of hydrogen-bond acceptors (Lipinski definition) is 4. The molecule has 1 amide bonds. The first-order valence-corrected chi connectivity index (χ1v) is 9.10. The molecule has 1 aromatic heterocycles. The van der Waals surface area contributed by atoms with Gasteiger partial charge in [-0.15, -0.1) is 0 Å². The van der Waals surface area contributed by atoms with E-state index in [1.807, 2.05) is 4.90 Å². The van der Waals surface area contributed by atoms with Gasteiger partial charge in [-0.2, -0.15) is 5.10 Å². The SMILES string of the molecule is CCN(C(=O)CCn1cncn1)[C@@H]1CCN([C@H](C)c2ccccc2)C1. The van der Waals surface area contributed by atoms with Gasteiger partial charge in [0.05, 0.1) is 6.54 Å². The van der Waals surface area contributed by atoms with E-state index in [1.165, 1.54) is 11.9 Å². The quantitative estimate of drug-likeness (QED) is 0.776. The number of aromatic nitrogens is 3. The molecule has 1 saturated heterocycles. The van der Waals surface area contributed by atoms with Crippen LogP contribution in [0.25, 0.3) is 0 Å². The van der Waals surface area contributed by atoms with Crippen molar-refractivity contribution >= 4 is 5.91 Å². The Morgan fingerprint density at radius 3 is 2.84 bits per heavy atom. The zero-order valence-electron chi connectivity index (χ0n) is 15.1. The first kappa shape index (κ1) is 17.6. The highest BCUT2D eigenvalue weighted by molar-refractivity contribution is 5.76. The molecule has 6 nitrogen and oxygen atoms in total. The number of hydrogen-bond donors (Lipinski definition) is 0. The maximum atomic E-state index is 12.6. The zero-order valence-corrected chi connectivity index (χ0v) is 15.1. The fraction of sp³-hybridized carbons (Fsp3) is 0.526. The Hall–Kier alpha value is -2.21. The van der Waals surface area contributed by atoms with E-state index in [-0.39, 0.29) is 5.91 Å². The average molecular weight is 341 g/mol. The van der Waals surface area contributed by atoms with Gasteiger partial charge in [0.1, 0.15) is 12.7 Å². The molecule has 2 heterocycles. The monoisotopic (exact) mass is 341 g/mol. The summed E-state index contributed by atoms with van der Waals surface area (Å²) < 4.78 is 1.71. The van der Waals surface area contributed by atoms with E-state index in [1.54, 1.807) is 11.0 Å². The lowest BCUT2D eigenvalue weighted by Crippen LogP contribution is -2.42. The van der Waals surface area contributed by atoms with Crippen LogP contribution in [0, 0.1) is 0 Å². The minimum atomic E-state index is 0.206. The molecule has 0 bridgehead atoms. The lowest BCUT2D eigenvalue weighted by Gasteiger charge is -2.30. The number of rotatable bonds is 7. The second kappa shape index (κ2) is 8.25. The normalized spacial score (nSPS) is 19.0. The predicted molar refractivity (Wildman–Crippen MR) is 96.9 cm³/mol. The lowest BCUT2D eigenvalue weighted by atomic mass is 10.1. The number of carbonyl (C=O) groups excluding carboxylic acids is 1. The van der Waals surface area contributed by atoms with Crippen LogP contribution < -0.4 is 0 Å². The molecule has 6 heteroatoms. The molecule has 0 radical (unpaired) electrons. The van der Waals surface area contributed by atoms with Crippen molar-refractivity contribution in [1.29, 1.82) is 0 Å². The Kier molecular flexibility index (Phi) is 5.81. The van der Waals surface area contributed by atoms with Gasteiger partial charge >= 0.3 is 0 Å². The number of benzene rings is 1. The van der Waals surface area contributed by atoms with Crippen LogP contribution in [0.15, 0.2) is 43.0 Å². The largest absolute Gasteiger partial charge is 0.339 e. The van der Waals surface area contributed by atoms with Crippen LogP contribution in [-0.4, -0.2) is 56.1 Å². The molecule has 0 spiro atoms. The molecule has 1 aliphatic heterocycles. The number of likely N-dealkylation sites (tertiary alicyclic amines) is 1. The summed E-state index contributed by atoms with van der Waals surface area (Å²) in [4.78, 5) is 21.1. The van der Waals surface area contributed by atoms with Crippen LogP contribution in [0.4, 0.5) is 0 Å². The fourth-order valence-corrected chi connectivity index (χ4v) is 3.66. The van der Waals surface area contributed by atoms with E-state index in [2.05, 4.69) is 59.2 Å². The number of likely N-dealkylation sites (N-methyl/N-ethyl adjacent to an activating group) is 1. The second-order valence-corrected chi connectivity index (χ2v) is 6.61. The van der Waals surface area contributed by atoms with Crippen molar-refractivity contribution in [2.24, 2.45) is 0 Å². The first-order valence-electron chi connectivity index (χ1n) is 9.10. The molecule has 134 valence electrons. The highest BCUT2D eigenvalue weighted by atomic mass is 16.2. The molecule has 1 fully saturated rings. The Morgan fingerprint density at radius 2 is 2.16 bits per heavy atom. The third-order valence-corrected chi connectivity index (χ3v) is 5.15. The van der Waals surface area contributed by atoms with Crippen molar-refractivity contribution in [2.45, 2.75) is 45.3 Å². The summed E-state index contributed by atoms with van der Waals surface area (Å²) in [5, 5.41) is 4.07. The van der Waals surface area contributed by atoms with E-state index in [9.17, 15) is 4.79 Å². The Bertz CT molecular complexity index is 658. The highest BCUT2D eigenvalue weighted by Gasteiger charge is 2.32. The van der Waals surface area contributed by atoms with Gasteiger partial charge in [-0.25, -0.2) is 4.98 Å². The van der Waals surface area contributed by atoms with E-state index >= 15 is 0 Å². The Balaban J connectivity index is 1.56. The van der Waals surface area contributed by atoms with Gasteiger partial charge in [-0.1, -0.05) is 30.3 Å². The number of amides is 1. The molecule has 0 unspecified atom stereocenters. The van der Waals surface area contributed by atoms with Gasteiger partial charge in [0.15, 0.2) is 0 Å². The van der Waals surface area contributed by atoms with Gasteiger partial charge in [0.25, 0.3) is 0 Å². The third-order valence-electron chi connectivity index (χ3n) is 5.15. The summed E-state index contributed by atoms with van der Waals surface area (Å²) in [7, 11) is 0. The van der Waals surface area contributed by atoms with E-state index in [0.717, 1.165) is 26.1 Å². The third kappa shape index (κ3) is 4.25. The topological polar surface area (TPSA) is 54.3 Å². The fourth-order valence-electron chi connectivity index (χ4n) is 3.66. The predicted octanol–water partition coefficient (Wildman–Crippen LogP) is 2.35. The van der Waals surface area contributed by atoms with Crippen molar-refractivity contribution in [3.63, 3.8) is 0 Å². The molecule has 1 aliphatic rings. The first-order chi connectivity index (χ1) is 12.2. The van der Waals surface area contributed by atoms with Crippen molar-refractivity contribution in [3.05, 3.63) is 48.5 Å². The van der Waals surface area contributed by atoms with Crippen molar-refractivity contribution in [2.75, 3.05) is 19.6 Å². The number of nitrogens with zero attached hydrogens (tertiary/aromatic N) is 5. The smallest absolute Gasteiger partial charge is 0.224 e. The summed E-state index contributed by atoms with van der Waals surface area (Å²) in [5.41, 5.74) is 1.34. The summed E-state index contributed by atoms with van der Waals surface area (Å²) in [6, 6.07) is 11.3. The van der Waals surface area contributed by atoms with Crippen molar-refractivity contribution in [1.82, 2.24) is 24.6 Å². The van der Waals surface area contributed by atoms with Crippen LogP contribution >= 0.6 is 0 Å². The van der Waals surface area contributed by atoms with Gasteiger partial charge in [0, 0.05) is 38.1 Å². The highest BCUT2D eigenvalue weighted by Crippen LogP contribution is 2.26. The summed E-state index contributed by atoms with van der Waals surface area (Å²) in [6.45, 7) is 7.64.